The minimum atomic E-state index is -0.439. The molecule has 0 unspecified atom stereocenters. The van der Waals surface area contributed by atoms with Crippen LogP contribution >= 0.6 is 0 Å². The number of amides is 1. The molecular weight excluding hydrogens is 424 g/mol. The molecule has 3 aromatic rings. The summed E-state index contributed by atoms with van der Waals surface area (Å²) >= 11 is 0. The van der Waals surface area contributed by atoms with Crippen molar-refractivity contribution in [2.45, 2.75) is 65.0 Å². The molecule has 2 aliphatic carbocycles. The van der Waals surface area contributed by atoms with Crippen molar-refractivity contribution >= 4 is 22.7 Å². The zero-order chi connectivity index (χ0) is 23.7. The molecule has 5 rings (SSSR count). The highest BCUT2D eigenvalue weighted by atomic mass is 16.6. The molecule has 34 heavy (non-hydrogen) atoms. The van der Waals surface area contributed by atoms with Gasteiger partial charge in [0.25, 0.3) is 0 Å². The van der Waals surface area contributed by atoms with E-state index in [-0.39, 0.29) is 6.10 Å². The second-order valence-electron chi connectivity index (χ2n) is 9.49. The van der Waals surface area contributed by atoms with E-state index >= 15 is 0 Å². The van der Waals surface area contributed by atoms with Gasteiger partial charge in [0.1, 0.15) is 5.75 Å². The molecule has 2 saturated carbocycles. The summed E-state index contributed by atoms with van der Waals surface area (Å²) in [6, 6.07) is 14.8. The van der Waals surface area contributed by atoms with Crippen LogP contribution in [0.3, 0.4) is 0 Å². The quantitative estimate of drug-likeness (QED) is 0.401. The molecule has 2 fully saturated rings. The van der Waals surface area contributed by atoms with E-state index in [0.29, 0.717) is 24.3 Å². The lowest BCUT2D eigenvalue weighted by molar-refractivity contribution is 0.130. The normalized spacial score (nSPS) is 15.5. The third kappa shape index (κ3) is 4.63. The molecule has 0 atom stereocenters. The number of aromatic nitrogens is 1. The maximum Gasteiger partial charge on any atom is 0.411 e. The summed E-state index contributed by atoms with van der Waals surface area (Å²) in [6.07, 6.45) is 5.39. The van der Waals surface area contributed by atoms with Crippen LogP contribution < -0.4 is 10.1 Å². The summed E-state index contributed by atoms with van der Waals surface area (Å²) in [5.74, 6) is 8.47. The third-order valence-corrected chi connectivity index (χ3v) is 6.45. The lowest BCUT2D eigenvalue weighted by atomic mass is 9.92. The minimum Gasteiger partial charge on any atom is -0.494 e. The highest BCUT2D eigenvalue weighted by molar-refractivity contribution is 5.96. The van der Waals surface area contributed by atoms with Gasteiger partial charge in [-0.05, 0) is 82.7 Å². The monoisotopic (exact) mass is 456 g/mol. The number of benzene rings is 2. The first-order valence-electron chi connectivity index (χ1n) is 12.4. The van der Waals surface area contributed by atoms with E-state index in [1.165, 1.54) is 43.0 Å². The van der Waals surface area contributed by atoms with Crippen molar-refractivity contribution in [3.63, 3.8) is 0 Å². The molecule has 1 N–H and O–H groups in total. The zero-order valence-corrected chi connectivity index (χ0v) is 20.2. The third-order valence-electron chi connectivity index (χ3n) is 6.45. The molecule has 0 bridgehead atoms. The fourth-order valence-electron chi connectivity index (χ4n) is 4.46. The highest BCUT2D eigenvalue weighted by Crippen LogP contribution is 2.43. The minimum absolute atomic E-state index is 0.161. The Labute approximate surface area is 201 Å². The molecule has 0 aliphatic heterocycles. The van der Waals surface area contributed by atoms with E-state index in [9.17, 15) is 4.79 Å². The molecule has 1 heterocycles. The summed E-state index contributed by atoms with van der Waals surface area (Å²) in [4.78, 5) is 12.0. The molecule has 176 valence electrons. The van der Waals surface area contributed by atoms with E-state index < -0.39 is 6.09 Å². The number of hydrogen-bond donors (Lipinski definition) is 1. The van der Waals surface area contributed by atoms with Crippen molar-refractivity contribution in [1.29, 1.82) is 0 Å². The zero-order valence-electron chi connectivity index (χ0n) is 20.2. The molecule has 0 saturated heterocycles. The Morgan fingerprint density at radius 3 is 2.50 bits per heavy atom. The van der Waals surface area contributed by atoms with E-state index in [4.69, 9.17) is 9.47 Å². The summed E-state index contributed by atoms with van der Waals surface area (Å²) < 4.78 is 13.5. The van der Waals surface area contributed by atoms with Gasteiger partial charge in [0, 0.05) is 29.1 Å². The number of carbonyl (C=O) groups is 1. The van der Waals surface area contributed by atoms with Crippen molar-refractivity contribution < 1.29 is 14.3 Å². The maximum atomic E-state index is 12.0. The topological polar surface area (TPSA) is 52.5 Å². The largest absolute Gasteiger partial charge is 0.494 e. The van der Waals surface area contributed by atoms with Crippen molar-refractivity contribution in [3.05, 3.63) is 48.0 Å². The first-order chi connectivity index (χ1) is 16.5. The predicted octanol–water partition coefficient (Wildman–Crippen LogP) is 7.15. The van der Waals surface area contributed by atoms with Gasteiger partial charge in [-0.1, -0.05) is 24.0 Å². The Balaban J connectivity index is 1.60. The average Bonchev–Trinajstić information content (AvgIpc) is 3.54. The second-order valence-corrected chi connectivity index (χ2v) is 9.49. The van der Waals surface area contributed by atoms with Crippen LogP contribution in [0, 0.1) is 17.8 Å². The van der Waals surface area contributed by atoms with Crippen molar-refractivity contribution in [2.24, 2.45) is 5.92 Å². The smallest absolute Gasteiger partial charge is 0.411 e. The molecule has 2 aliphatic rings. The number of rotatable bonds is 6. The first kappa shape index (κ1) is 22.4. The summed E-state index contributed by atoms with van der Waals surface area (Å²) in [6.45, 7) is 6.33. The maximum absolute atomic E-state index is 12.0. The van der Waals surface area contributed by atoms with Crippen LogP contribution in [0.25, 0.3) is 22.2 Å². The van der Waals surface area contributed by atoms with Gasteiger partial charge in [-0.25, -0.2) is 4.79 Å². The Kier molecular flexibility index (Phi) is 6.24. The van der Waals surface area contributed by atoms with Crippen molar-refractivity contribution in [2.75, 3.05) is 11.9 Å². The molecule has 2 aromatic carbocycles. The van der Waals surface area contributed by atoms with Crippen LogP contribution in [0.15, 0.2) is 42.5 Å². The van der Waals surface area contributed by atoms with Gasteiger partial charge in [-0.3, -0.25) is 5.32 Å². The van der Waals surface area contributed by atoms with Crippen molar-refractivity contribution in [3.8, 4) is 28.8 Å². The Bertz CT molecular complexity index is 1250. The number of hydrogen-bond acceptors (Lipinski definition) is 3. The summed E-state index contributed by atoms with van der Waals surface area (Å²) in [5.41, 5.74) is 5.26. The van der Waals surface area contributed by atoms with Crippen LogP contribution in [-0.4, -0.2) is 23.4 Å². The molecule has 0 spiro atoms. The van der Waals surface area contributed by atoms with Crippen LogP contribution in [-0.2, 0) is 4.74 Å². The number of fused-ring (bicyclic) bond motifs is 1. The van der Waals surface area contributed by atoms with Gasteiger partial charge < -0.3 is 14.0 Å². The number of carbonyl (C=O) groups excluding carboxylic acids is 1. The van der Waals surface area contributed by atoms with Gasteiger partial charge in [-0.2, -0.15) is 0 Å². The standard InChI is InChI=1S/C29H32N2O3/c1-4-33-24-15-17-25-26(16-10-20-8-9-20)28(31(27(25)18-24)23-6-5-7-23)21-11-13-22(14-12-21)30-29(32)34-19(2)3/h11-15,17-20,23H,4-9H2,1-3H3,(H,30,32). The Morgan fingerprint density at radius 1 is 1.12 bits per heavy atom. The molecule has 5 heteroatoms. The lowest BCUT2D eigenvalue weighted by Gasteiger charge is -2.30. The number of ether oxygens (including phenoxy) is 2. The fraction of sp³-hybridized carbons (Fsp3) is 0.414. The first-order valence-corrected chi connectivity index (χ1v) is 12.4. The van der Waals surface area contributed by atoms with Crippen LogP contribution in [0.5, 0.6) is 5.75 Å². The average molecular weight is 457 g/mol. The van der Waals surface area contributed by atoms with Crippen LogP contribution in [0.4, 0.5) is 10.5 Å². The van der Waals surface area contributed by atoms with Gasteiger partial charge in [-0.15, -0.1) is 0 Å². The van der Waals surface area contributed by atoms with Gasteiger partial charge in [0.2, 0.25) is 0 Å². The SMILES string of the molecule is CCOc1ccc2c(C#CC3CC3)c(-c3ccc(NC(=O)OC(C)C)cc3)n(C3CCC3)c2c1. The number of nitrogens with one attached hydrogen (secondary N) is 1. The summed E-state index contributed by atoms with van der Waals surface area (Å²) in [7, 11) is 0. The molecular formula is C29H32N2O3. The number of nitrogens with zero attached hydrogens (tertiary/aromatic N) is 1. The molecule has 1 amide bonds. The number of anilines is 1. The highest BCUT2D eigenvalue weighted by Gasteiger charge is 2.28. The van der Waals surface area contributed by atoms with Gasteiger partial charge >= 0.3 is 6.09 Å². The lowest BCUT2D eigenvalue weighted by Crippen LogP contribution is -2.18. The Morgan fingerprint density at radius 2 is 1.88 bits per heavy atom. The molecule has 5 nitrogen and oxygen atoms in total. The second kappa shape index (κ2) is 9.46. The van der Waals surface area contributed by atoms with Crippen LogP contribution in [0.1, 0.15) is 64.5 Å². The summed E-state index contributed by atoms with van der Waals surface area (Å²) in [5, 5.41) is 3.99. The molecule has 1 aromatic heterocycles. The fourth-order valence-corrected chi connectivity index (χ4v) is 4.46. The van der Waals surface area contributed by atoms with Gasteiger partial charge in [0.15, 0.2) is 0 Å². The van der Waals surface area contributed by atoms with E-state index in [2.05, 4.69) is 52.1 Å². The van der Waals surface area contributed by atoms with Crippen molar-refractivity contribution in [1.82, 2.24) is 4.57 Å². The molecule has 0 radical (unpaired) electrons. The van der Waals surface area contributed by atoms with E-state index in [1.807, 2.05) is 32.9 Å². The van der Waals surface area contributed by atoms with E-state index in [0.717, 1.165) is 22.6 Å². The van der Waals surface area contributed by atoms with Gasteiger partial charge in [0.05, 0.1) is 29.5 Å². The van der Waals surface area contributed by atoms with Crippen LogP contribution in [0.2, 0.25) is 0 Å². The predicted molar refractivity (Wildman–Crippen MR) is 136 cm³/mol. The Hall–Kier alpha value is -3.39. The van der Waals surface area contributed by atoms with E-state index in [1.54, 1.807) is 0 Å².